The summed E-state index contributed by atoms with van der Waals surface area (Å²) in [6.07, 6.45) is 8.62. The van der Waals surface area contributed by atoms with Crippen LogP contribution in [0.25, 0.3) is 0 Å². The highest BCUT2D eigenvalue weighted by atomic mass is 28.4. The Labute approximate surface area is 159 Å². The van der Waals surface area contributed by atoms with Gasteiger partial charge in [-0.25, -0.2) is 0 Å². The highest BCUT2D eigenvalue weighted by molar-refractivity contribution is 6.69. The first-order chi connectivity index (χ1) is 12.0. The maximum Gasteiger partial charge on any atom is 0.184 e. The second kappa shape index (κ2) is 5.87. The standard InChI is InChI=1S/C22H34O3Si/c1-21-10-8-15(23)12-14(21)13-18(25-26(3,4)5)20-16-6-7-19(24)22(16,2)11-9-17(20)21/h12,16-18,20H,6-11,13H2,1-5H3. The molecule has 4 aliphatic rings. The zero-order chi connectivity index (χ0) is 18.9. The largest absolute Gasteiger partial charge is 0.414 e. The molecule has 26 heavy (non-hydrogen) atoms. The molecule has 0 aliphatic heterocycles. The number of Topliss-reactive ketones (excluding diaryl/α,β-unsaturated/α-hetero) is 1. The van der Waals surface area contributed by atoms with Crippen molar-refractivity contribution in [2.24, 2.45) is 28.6 Å². The van der Waals surface area contributed by atoms with Crippen molar-refractivity contribution < 1.29 is 14.0 Å². The van der Waals surface area contributed by atoms with Crippen LogP contribution in [0.4, 0.5) is 0 Å². The first-order valence-corrected chi connectivity index (χ1v) is 13.9. The van der Waals surface area contributed by atoms with E-state index < -0.39 is 8.32 Å². The summed E-state index contributed by atoms with van der Waals surface area (Å²) in [5, 5.41) is 0. The first-order valence-electron chi connectivity index (χ1n) is 10.5. The monoisotopic (exact) mass is 374 g/mol. The Kier molecular flexibility index (Phi) is 4.21. The maximum atomic E-state index is 12.7. The molecule has 4 aliphatic carbocycles. The molecule has 6 atom stereocenters. The van der Waals surface area contributed by atoms with Crippen molar-refractivity contribution in [2.75, 3.05) is 0 Å². The van der Waals surface area contributed by atoms with Gasteiger partial charge in [-0.2, -0.15) is 0 Å². The molecule has 3 nitrogen and oxygen atoms in total. The minimum Gasteiger partial charge on any atom is -0.414 e. The van der Waals surface area contributed by atoms with E-state index in [-0.39, 0.29) is 16.9 Å². The molecule has 0 radical (unpaired) electrons. The quantitative estimate of drug-likeness (QED) is 0.645. The smallest absolute Gasteiger partial charge is 0.184 e. The molecule has 3 saturated carbocycles. The summed E-state index contributed by atoms with van der Waals surface area (Å²) in [7, 11) is -1.70. The summed E-state index contributed by atoms with van der Waals surface area (Å²) < 4.78 is 6.74. The third-order valence-corrected chi connectivity index (χ3v) is 9.18. The Morgan fingerprint density at radius 3 is 2.38 bits per heavy atom. The van der Waals surface area contributed by atoms with Gasteiger partial charge in [0.15, 0.2) is 14.1 Å². The van der Waals surface area contributed by atoms with Gasteiger partial charge in [-0.05, 0) is 81.0 Å². The lowest BCUT2D eigenvalue weighted by atomic mass is 9.47. The molecule has 4 heteroatoms. The van der Waals surface area contributed by atoms with Gasteiger partial charge in [0.05, 0.1) is 6.10 Å². The minimum atomic E-state index is -1.70. The average Bonchev–Trinajstić information content (AvgIpc) is 2.83. The molecular weight excluding hydrogens is 340 g/mol. The van der Waals surface area contributed by atoms with Crippen molar-refractivity contribution in [3.05, 3.63) is 11.6 Å². The predicted molar refractivity (Wildman–Crippen MR) is 105 cm³/mol. The van der Waals surface area contributed by atoms with E-state index in [1.165, 1.54) is 5.57 Å². The fourth-order valence-electron chi connectivity index (χ4n) is 6.85. The predicted octanol–water partition coefficient (Wildman–Crippen LogP) is 4.92. The van der Waals surface area contributed by atoms with E-state index in [0.29, 0.717) is 35.7 Å². The number of hydrogen-bond acceptors (Lipinski definition) is 3. The molecule has 0 spiro atoms. The van der Waals surface area contributed by atoms with Crippen molar-refractivity contribution in [3.63, 3.8) is 0 Å². The molecule has 0 amide bonds. The summed E-state index contributed by atoms with van der Waals surface area (Å²) in [4.78, 5) is 24.8. The van der Waals surface area contributed by atoms with E-state index in [1.807, 2.05) is 6.08 Å². The average molecular weight is 375 g/mol. The van der Waals surface area contributed by atoms with E-state index in [0.717, 1.165) is 38.5 Å². The van der Waals surface area contributed by atoms with Gasteiger partial charge in [-0.15, -0.1) is 0 Å². The van der Waals surface area contributed by atoms with Crippen LogP contribution in [0.5, 0.6) is 0 Å². The van der Waals surface area contributed by atoms with Gasteiger partial charge in [-0.1, -0.05) is 19.4 Å². The molecule has 4 rings (SSSR count). The summed E-state index contributed by atoms with van der Waals surface area (Å²) in [6.45, 7) is 11.4. The SMILES string of the molecule is CC12CCC3C(C(O[Si](C)(C)C)CC4=CC(=O)CCC43C)C1CCC2=O. The molecule has 0 bridgehead atoms. The highest BCUT2D eigenvalue weighted by Gasteiger charge is 2.61. The Morgan fingerprint density at radius 1 is 1.00 bits per heavy atom. The molecule has 0 aromatic carbocycles. The lowest BCUT2D eigenvalue weighted by Gasteiger charge is -2.59. The first kappa shape index (κ1) is 18.6. The number of carbonyl (C=O) groups is 2. The van der Waals surface area contributed by atoms with Gasteiger partial charge in [0.2, 0.25) is 0 Å². The highest BCUT2D eigenvalue weighted by Crippen LogP contribution is 2.65. The second-order valence-corrected chi connectivity index (χ2v) is 15.2. The summed E-state index contributed by atoms with van der Waals surface area (Å²) in [5.41, 5.74) is 1.33. The van der Waals surface area contributed by atoms with Crippen molar-refractivity contribution in [1.82, 2.24) is 0 Å². The zero-order valence-electron chi connectivity index (χ0n) is 17.1. The number of fused-ring (bicyclic) bond motifs is 5. The van der Waals surface area contributed by atoms with E-state index in [1.54, 1.807) is 0 Å². The summed E-state index contributed by atoms with van der Waals surface area (Å²) >= 11 is 0. The van der Waals surface area contributed by atoms with Crippen LogP contribution in [0.15, 0.2) is 11.6 Å². The Morgan fingerprint density at radius 2 is 1.69 bits per heavy atom. The van der Waals surface area contributed by atoms with Crippen LogP contribution in [0.1, 0.15) is 58.8 Å². The summed E-state index contributed by atoms with van der Waals surface area (Å²) in [6, 6.07) is 0. The molecule has 0 aromatic heterocycles. The Bertz CT molecular complexity index is 675. The van der Waals surface area contributed by atoms with Crippen LogP contribution in [0, 0.1) is 28.6 Å². The van der Waals surface area contributed by atoms with Gasteiger partial charge in [0.25, 0.3) is 0 Å². The third kappa shape index (κ3) is 2.71. The van der Waals surface area contributed by atoms with Gasteiger partial charge in [-0.3, -0.25) is 9.59 Å². The normalized spacial score (nSPS) is 45.7. The van der Waals surface area contributed by atoms with Crippen LogP contribution in [-0.4, -0.2) is 26.0 Å². The molecule has 0 heterocycles. The molecular formula is C22H34O3Si. The van der Waals surface area contributed by atoms with Gasteiger partial charge in [0, 0.05) is 18.3 Å². The third-order valence-electron chi connectivity index (χ3n) is 8.17. The van der Waals surface area contributed by atoms with E-state index in [9.17, 15) is 9.59 Å². The van der Waals surface area contributed by atoms with E-state index >= 15 is 0 Å². The van der Waals surface area contributed by atoms with Gasteiger partial charge < -0.3 is 4.43 Å². The summed E-state index contributed by atoms with van der Waals surface area (Å²) in [5.74, 6) is 2.27. The number of carbonyl (C=O) groups excluding carboxylic acids is 2. The fourth-order valence-corrected chi connectivity index (χ4v) is 8.00. The molecule has 0 N–H and O–H groups in total. The second-order valence-electron chi connectivity index (χ2n) is 10.7. The van der Waals surface area contributed by atoms with E-state index in [4.69, 9.17) is 4.43 Å². The Balaban J connectivity index is 1.77. The topological polar surface area (TPSA) is 43.4 Å². The molecule has 144 valence electrons. The number of rotatable bonds is 2. The molecule has 3 fully saturated rings. The maximum absolute atomic E-state index is 12.7. The van der Waals surface area contributed by atoms with Crippen LogP contribution in [0.3, 0.4) is 0 Å². The van der Waals surface area contributed by atoms with Crippen molar-refractivity contribution in [2.45, 2.75) is 84.5 Å². The molecule has 0 saturated heterocycles. The molecule has 0 aromatic rings. The van der Waals surface area contributed by atoms with Crippen LogP contribution in [-0.2, 0) is 14.0 Å². The minimum absolute atomic E-state index is 0.130. The number of ketones is 2. The van der Waals surface area contributed by atoms with Crippen molar-refractivity contribution in [3.8, 4) is 0 Å². The van der Waals surface area contributed by atoms with Crippen LogP contribution < -0.4 is 0 Å². The number of hydrogen-bond donors (Lipinski definition) is 0. The fraction of sp³-hybridized carbons (Fsp3) is 0.818. The zero-order valence-corrected chi connectivity index (χ0v) is 18.1. The van der Waals surface area contributed by atoms with Gasteiger partial charge >= 0.3 is 0 Å². The van der Waals surface area contributed by atoms with E-state index in [2.05, 4.69) is 33.5 Å². The van der Waals surface area contributed by atoms with Crippen LogP contribution in [0.2, 0.25) is 19.6 Å². The van der Waals surface area contributed by atoms with Crippen molar-refractivity contribution in [1.29, 1.82) is 0 Å². The lowest BCUT2D eigenvalue weighted by Crippen LogP contribution is -2.57. The van der Waals surface area contributed by atoms with Crippen LogP contribution >= 0.6 is 0 Å². The molecule has 6 unspecified atom stereocenters. The Hall–Kier alpha value is -0.743. The van der Waals surface area contributed by atoms with Crippen molar-refractivity contribution >= 4 is 19.9 Å². The lowest BCUT2D eigenvalue weighted by molar-refractivity contribution is -0.138. The van der Waals surface area contributed by atoms with Gasteiger partial charge in [0.1, 0.15) is 5.78 Å².